The molecule has 0 aliphatic rings. The summed E-state index contributed by atoms with van der Waals surface area (Å²) in [4.78, 5) is 31.7. The third-order valence-corrected chi connectivity index (χ3v) is 4.44. The topological polar surface area (TPSA) is 92.7 Å². The second kappa shape index (κ2) is 6.95. The Hall–Kier alpha value is -3.22. The number of aromatic nitrogens is 4. The summed E-state index contributed by atoms with van der Waals surface area (Å²) < 4.78 is 1.75. The minimum atomic E-state index is -0.314. The second-order valence-electron chi connectivity index (χ2n) is 6.30. The van der Waals surface area contributed by atoms with Crippen LogP contribution in [0, 0.1) is 20.8 Å². The SMILES string of the molecule is Cc1cc(C)c(CNC(=O)c2nccc(-c3ccnn3C)c2C)c(=O)[nH]1. The van der Waals surface area contributed by atoms with Crippen LogP contribution in [-0.2, 0) is 13.6 Å². The van der Waals surface area contributed by atoms with Crippen molar-refractivity contribution < 1.29 is 4.79 Å². The standard InChI is InChI=1S/C19H21N5O2/c1-11-9-12(2)23-18(25)15(11)10-21-19(26)17-13(3)14(5-7-20-17)16-6-8-22-24(16)4/h5-9H,10H2,1-4H3,(H,21,26)(H,23,25). The van der Waals surface area contributed by atoms with Crippen LogP contribution in [0.5, 0.6) is 0 Å². The Bertz CT molecular complexity index is 1030. The van der Waals surface area contributed by atoms with Gasteiger partial charge in [0.05, 0.1) is 5.69 Å². The van der Waals surface area contributed by atoms with Crippen LogP contribution in [0.25, 0.3) is 11.3 Å². The van der Waals surface area contributed by atoms with Gasteiger partial charge < -0.3 is 10.3 Å². The molecule has 0 atom stereocenters. The highest BCUT2D eigenvalue weighted by Crippen LogP contribution is 2.23. The smallest absolute Gasteiger partial charge is 0.270 e. The molecule has 3 aromatic rings. The van der Waals surface area contributed by atoms with E-state index in [9.17, 15) is 9.59 Å². The van der Waals surface area contributed by atoms with Crippen molar-refractivity contribution in [3.63, 3.8) is 0 Å². The maximum atomic E-state index is 12.6. The third-order valence-electron chi connectivity index (χ3n) is 4.44. The van der Waals surface area contributed by atoms with E-state index >= 15 is 0 Å². The van der Waals surface area contributed by atoms with Gasteiger partial charge >= 0.3 is 0 Å². The molecule has 0 aromatic carbocycles. The Morgan fingerprint density at radius 3 is 2.65 bits per heavy atom. The highest BCUT2D eigenvalue weighted by Gasteiger charge is 2.16. The number of pyridine rings is 2. The van der Waals surface area contributed by atoms with Gasteiger partial charge in [0.2, 0.25) is 0 Å². The molecule has 0 aliphatic carbocycles. The molecular formula is C19H21N5O2. The molecule has 0 radical (unpaired) electrons. The van der Waals surface area contributed by atoms with E-state index in [1.165, 1.54) is 0 Å². The highest BCUT2D eigenvalue weighted by atomic mass is 16.2. The number of nitrogens with zero attached hydrogens (tertiary/aromatic N) is 3. The fourth-order valence-electron chi connectivity index (χ4n) is 3.03. The van der Waals surface area contributed by atoms with Gasteiger partial charge in [-0.1, -0.05) is 0 Å². The van der Waals surface area contributed by atoms with E-state index in [1.807, 2.05) is 46.0 Å². The van der Waals surface area contributed by atoms with Gasteiger partial charge in [-0.15, -0.1) is 0 Å². The predicted octanol–water partition coefficient (Wildman–Crippen LogP) is 2.03. The van der Waals surface area contributed by atoms with E-state index in [4.69, 9.17) is 0 Å². The average molecular weight is 351 g/mol. The van der Waals surface area contributed by atoms with E-state index in [-0.39, 0.29) is 18.0 Å². The van der Waals surface area contributed by atoms with Crippen LogP contribution in [0.15, 0.2) is 35.4 Å². The molecule has 3 rings (SSSR count). The summed E-state index contributed by atoms with van der Waals surface area (Å²) in [5.74, 6) is -0.314. The number of aryl methyl sites for hydroxylation is 3. The van der Waals surface area contributed by atoms with Crippen LogP contribution in [-0.4, -0.2) is 25.7 Å². The zero-order valence-corrected chi connectivity index (χ0v) is 15.3. The van der Waals surface area contributed by atoms with E-state index in [1.54, 1.807) is 17.1 Å². The molecule has 0 bridgehead atoms. The van der Waals surface area contributed by atoms with Crippen molar-refractivity contribution >= 4 is 5.91 Å². The molecule has 134 valence electrons. The van der Waals surface area contributed by atoms with Crippen molar-refractivity contribution in [2.24, 2.45) is 7.05 Å². The minimum absolute atomic E-state index is 0.150. The molecule has 7 nitrogen and oxygen atoms in total. The predicted molar refractivity (Wildman–Crippen MR) is 98.9 cm³/mol. The van der Waals surface area contributed by atoms with Crippen molar-refractivity contribution in [1.82, 2.24) is 25.1 Å². The third kappa shape index (κ3) is 3.28. The van der Waals surface area contributed by atoms with Gasteiger partial charge in [0, 0.05) is 42.8 Å². The summed E-state index contributed by atoms with van der Waals surface area (Å²) >= 11 is 0. The van der Waals surface area contributed by atoms with Gasteiger partial charge in [-0.05, 0) is 50.1 Å². The molecule has 3 heterocycles. The fraction of sp³-hybridized carbons (Fsp3) is 0.263. The molecule has 2 N–H and O–H groups in total. The van der Waals surface area contributed by atoms with E-state index in [0.717, 1.165) is 28.1 Å². The molecule has 0 aliphatic heterocycles. The average Bonchev–Trinajstić information content (AvgIpc) is 2.99. The Labute approximate surface area is 151 Å². The number of amides is 1. The summed E-state index contributed by atoms with van der Waals surface area (Å²) in [7, 11) is 1.85. The van der Waals surface area contributed by atoms with Crippen LogP contribution in [0.3, 0.4) is 0 Å². The van der Waals surface area contributed by atoms with Crippen LogP contribution in [0.1, 0.15) is 32.9 Å². The molecule has 0 fully saturated rings. The van der Waals surface area contributed by atoms with Crippen LogP contribution in [0.4, 0.5) is 0 Å². The highest BCUT2D eigenvalue weighted by molar-refractivity contribution is 5.95. The Kier molecular flexibility index (Phi) is 4.71. The quantitative estimate of drug-likeness (QED) is 0.752. The monoisotopic (exact) mass is 351 g/mol. The van der Waals surface area contributed by atoms with Gasteiger partial charge in [0.1, 0.15) is 5.69 Å². The molecule has 26 heavy (non-hydrogen) atoms. The lowest BCUT2D eigenvalue weighted by molar-refractivity contribution is 0.0945. The first-order valence-electron chi connectivity index (χ1n) is 8.30. The Morgan fingerprint density at radius 1 is 1.23 bits per heavy atom. The lowest BCUT2D eigenvalue weighted by Gasteiger charge is -2.12. The number of hydrogen-bond acceptors (Lipinski definition) is 4. The van der Waals surface area contributed by atoms with Crippen molar-refractivity contribution in [3.8, 4) is 11.3 Å². The number of hydrogen-bond donors (Lipinski definition) is 2. The van der Waals surface area contributed by atoms with Crippen molar-refractivity contribution in [1.29, 1.82) is 0 Å². The molecule has 0 spiro atoms. The van der Waals surface area contributed by atoms with Gasteiger partial charge in [-0.25, -0.2) is 0 Å². The lowest BCUT2D eigenvalue weighted by atomic mass is 10.0. The minimum Gasteiger partial charge on any atom is -0.346 e. The lowest BCUT2D eigenvalue weighted by Crippen LogP contribution is -2.29. The summed E-state index contributed by atoms with van der Waals surface area (Å²) in [6.45, 7) is 5.69. The normalized spacial score (nSPS) is 10.8. The van der Waals surface area contributed by atoms with Crippen LogP contribution >= 0.6 is 0 Å². The van der Waals surface area contributed by atoms with Crippen molar-refractivity contribution in [2.75, 3.05) is 0 Å². The summed E-state index contributed by atoms with van der Waals surface area (Å²) in [6.07, 6.45) is 3.32. The van der Waals surface area contributed by atoms with Crippen molar-refractivity contribution in [2.45, 2.75) is 27.3 Å². The van der Waals surface area contributed by atoms with E-state index in [2.05, 4.69) is 20.4 Å². The van der Waals surface area contributed by atoms with Crippen LogP contribution < -0.4 is 10.9 Å². The number of carbonyl (C=O) groups excluding carboxylic acids is 1. The summed E-state index contributed by atoms with van der Waals surface area (Å²) in [6, 6.07) is 5.63. The fourth-order valence-corrected chi connectivity index (χ4v) is 3.03. The maximum absolute atomic E-state index is 12.6. The van der Waals surface area contributed by atoms with Crippen LogP contribution in [0.2, 0.25) is 0 Å². The number of nitrogens with one attached hydrogen (secondary N) is 2. The van der Waals surface area contributed by atoms with Gasteiger partial charge in [-0.3, -0.25) is 19.3 Å². The molecule has 0 unspecified atom stereocenters. The number of aromatic amines is 1. The molecule has 0 saturated heterocycles. The second-order valence-corrected chi connectivity index (χ2v) is 6.30. The number of rotatable bonds is 4. The Morgan fingerprint density at radius 2 is 2.00 bits per heavy atom. The molecular weight excluding hydrogens is 330 g/mol. The van der Waals surface area contributed by atoms with E-state index < -0.39 is 0 Å². The summed E-state index contributed by atoms with van der Waals surface area (Å²) in [5.41, 5.74) is 4.91. The zero-order chi connectivity index (χ0) is 18.8. The molecule has 3 aromatic heterocycles. The molecule has 7 heteroatoms. The first-order chi connectivity index (χ1) is 12.4. The molecule has 0 saturated carbocycles. The first kappa shape index (κ1) is 17.6. The van der Waals surface area contributed by atoms with Crippen molar-refractivity contribution in [3.05, 3.63) is 69.0 Å². The van der Waals surface area contributed by atoms with Gasteiger partial charge in [0.15, 0.2) is 0 Å². The van der Waals surface area contributed by atoms with Gasteiger partial charge in [0.25, 0.3) is 11.5 Å². The van der Waals surface area contributed by atoms with E-state index in [0.29, 0.717) is 11.3 Å². The largest absolute Gasteiger partial charge is 0.346 e. The number of H-pyrrole nitrogens is 1. The number of carbonyl (C=O) groups is 1. The summed E-state index contributed by atoms with van der Waals surface area (Å²) in [5, 5.41) is 6.97. The molecule has 1 amide bonds. The zero-order valence-electron chi connectivity index (χ0n) is 15.3. The van der Waals surface area contributed by atoms with Gasteiger partial charge in [-0.2, -0.15) is 5.10 Å². The first-order valence-corrected chi connectivity index (χ1v) is 8.30. The maximum Gasteiger partial charge on any atom is 0.270 e. The Balaban J connectivity index is 1.86.